The van der Waals surface area contributed by atoms with Gasteiger partial charge in [0.2, 0.25) is 5.88 Å². The van der Waals surface area contributed by atoms with E-state index in [9.17, 15) is 9.90 Å². The van der Waals surface area contributed by atoms with Gasteiger partial charge in [-0.2, -0.15) is 0 Å². The molecule has 1 saturated heterocycles. The normalized spacial score (nSPS) is 17.8. The molecule has 5 aromatic rings. The highest BCUT2D eigenvalue weighted by atomic mass is 32.1. The van der Waals surface area contributed by atoms with E-state index in [2.05, 4.69) is 29.0 Å². The molecule has 2 fully saturated rings. The number of benzene rings is 2. The molecule has 1 N–H and O–H groups in total. The summed E-state index contributed by atoms with van der Waals surface area (Å²) in [4.78, 5) is 20.9. The second-order valence-electron chi connectivity index (χ2n) is 12.0. The fourth-order valence-corrected chi connectivity index (χ4v) is 6.54. The highest BCUT2D eigenvalue weighted by Crippen LogP contribution is 2.42. The molecule has 2 aromatic carbocycles. The molecule has 44 heavy (non-hydrogen) atoms. The van der Waals surface area contributed by atoms with Crippen molar-refractivity contribution in [2.24, 2.45) is 5.41 Å². The minimum absolute atomic E-state index is 0.00598. The second-order valence-corrected chi connectivity index (χ2v) is 13.1. The number of pyridine rings is 1. The molecule has 7 rings (SSSR count). The summed E-state index contributed by atoms with van der Waals surface area (Å²) in [5.41, 5.74) is 1.38. The monoisotopic (exact) mass is 617 g/mol. The number of fused-ring (bicyclic) bond motifs is 1. The van der Waals surface area contributed by atoms with Gasteiger partial charge in [-0.3, -0.25) is 0 Å². The Morgan fingerprint density at radius 3 is 2.70 bits per heavy atom. The largest absolute Gasteiger partial charge is 0.478 e. The first-order valence-electron chi connectivity index (χ1n) is 14.4. The van der Waals surface area contributed by atoms with Gasteiger partial charge in [0.1, 0.15) is 29.1 Å². The van der Waals surface area contributed by atoms with Crippen molar-refractivity contribution in [3.63, 3.8) is 0 Å². The van der Waals surface area contributed by atoms with Crippen LogP contribution >= 0.6 is 11.3 Å². The van der Waals surface area contributed by atoms with Crippen LogP contribution < -0.4 is 4.74 Å². The molecule has 9 nitrogen and oxygen atoms in total. The molecule has 12 heteroatoms. The molecule has 1 aliphatic heterocycles. The van der Waals surface area contributed by atoms with Crippen molar-refractivity contribution in [3.05, 3.63) is 87.1 Å². The summed E-state index contributed by atoms with van der Waals surface area (Å²) in [6, 6.07) is 11.8. The topological polar surface area (TPSA) is 112 Å². The predicted octanol–water partition coefficient (Wildman–Crippen LogP) is 6.57. The van der Waals surface area contributed by atoms with E-state index in [1.54, 1.807) is 30.3 Å². The van der Waals surface area contributed by atoms with Crippen LogP contribution in [0.1, 0.15) is 70.4 Å². The molecule has 3 aromatic heterocycles. The number of hydrogen-bond acceptors (Lipinski definition) is 8. The van der Waals surface area contributed by atoms with Gasteiger partial charge in [0, 0.05) is 29.4 Å². The number of nitrogens with zero attached hydrogens (tertiary/aromatic N) is 5. The Balaban J connectivity index is 1.17. The summed E-state index contributed by atoms with van der Waals surface area (Å²) in [5, 5.41) is 19.7. The van der Waals surface area contributed by atoms with Gasteiger partial charge in [0.25, 0.3) is 0 Å². The van der Waals surface area contributed by atoms with Gasteiger partial charge < -0.3 is 19.1 Å². The Hall–Kier alpha value is -4.29. The maximum absolute atomic E-state index is 15.7. The molecular weight excluding hydrogens is 588 g/mol. The fraction of sp³-hybridized carbons (Fsp3) is 0.344. The number of hydrogen-bond donors (Lipinski definition) is 1. The number of carboxylic acids is 1. The summed E-state index contributed by atoms with van der Waals surface area (Å²) < 4.78 is 44.7. The van der Waals surface area contributed by atoms with E-state index in [0.717, 1.165) is 28.9 Å². The van der Waals surface area contributed by atoms with Gasteiger partial charge in [-0.05, 0) is 54.8 Å². The van der Waals surface area contributed by atoms with Crippen molar-refractivity contribution in [2.75, 3.05) is 13.2 Å². The van der Waals surface area contributed by atoms with Gasteiger partial charge in [-0.1, -0.05) is 31.3 Å². The van der Waals surface area contributed by atoms with Gasteiger partial charge in [0.15, 0.2) is 5.01 Å². The van der Waals surface area contributed by atoms with Crippen LogP contribution in [0.5, 0.6) is 5.88 Å². The molecule has 0 unspecified atom stereocenters. The van der Waals surface area contributed by atoms with E-state index in [1.165, 1.54) is 23.5 Å². The first kappa shape index (κ1) is 28.5. The molecule has 2 aliphatic rings. The molecule has 1 aliphatic carbocycles. The Labute approximate surface area is 255 Å². The number of imidazole rings is 1. The van der Waals surface area contributed by atoms with Crippen molar-refractivity contribution < 1.29 is 28.2 Å². The van der Waals surface area contributed by atoms with Crippen LogP contribution in [0.2, 0.25) is 0 Å². The SMILES string of the molecule is CC1(C)COC[C@H]1n1c(Cc2cc(F)c(-c3cccc(OCc4nnc(C5CC5)s4)n3)cc2F)nc2ccc(C(=O)O)cc21. The third-order valence-electron chi connectivity index (χ3n) is 8.21. The summed E-state index contributed by atoms with van der Waals surface area (Å²) >= 11 is 1.52. The van der Waals surface area contributed by atoms with Crippen molar-refractivity contribution in [1.82, 2.24) is 24.7 Å². The minimum atomic E-state index is -1.06. The lowest BCUT2D eigenvalue weighted by atomic mass is 9.87. The summed E-state index contributed by atoms with van der Waals surface area (Å²) in [7, 11) is 0. The number of rotatable bonds is 9. The Bertz CT molecular complexity index is 1900. The van der Waals surface area contributed by atoms with Crippen molar-refractivity contribution in [3.8, 4) is 17.1 Å². The van der Waals surface area contributed by atoms with Crippen LogP contribution in [-0.2, 0) is 17.8 Å². The van der Waals surface area contributed by atoms with Gasteiger partial charge >= 0.3 is 5.97 Å². The molecule has 0 spiro atoms. The lowest BCUT2D eigenvalue weighted by molar-refractivity contribution is 0.0697. The van der Waals surface area contributed by atoms with Gasteiger partial charge in [-0.15, -0.1) is 10.2 Å². The zero-order chi connectivity index (χ0) is 30.6. The molecule has 226 valence electrons. The van der Waals surface area contributed by atoms with Crippen LogP contribution in [0.15, 0.2) is 48.5 Å². The molecule has 0 amide bonds. The minimum Gasteiger partial charge on any atom is -0.478 e. The number of aromatic carboxylic acids is 1. The highest BCUT2D eigenvalue weighted by molar-refractivity contribution is 7.11. The van der Waals surface area contributed by atoms with Crippen LogP contribution in [-0.4, -0.2) is 49.0 Å². The Kier molecular flexibility index (Phi) is 7.13. The van der Waals surface area contributed by atoms with Crippen molar-refractivity contribution in [1.29, 1.82) is 0 Å². The molecule has 0 bridgehead atoms. The molecule has 1 saturated carbocycles. The number of aromatic nitrogens is 5. The van der Waals surface area contributed by atoms with Gasteiger partial charge in [-0.25, -0.2) is 23.5 Å². The first-order chi connectivity index (χ1) is 21.2. The van der Waals surface area contributed by atoms with E-state index >= 15 is 8.78 Å². The third kappa shape index (κ3) is 5.43. The maximum atomic E-state index is 15.7. The van der Waals surface area contributed by atoms with Crippen LogP contribution in [0.4, 0.5) is 8.78 Å². The van der Waals surface area contributed by atoms with Gasteiger partial charge in [0.05, 0.1) is 41.5 Å². The number of carboxylic acid groups (broad SMARTS) is 1. The zero-order valence-corrected chi connectivity index (χ0v) is 24.9. The lowest BCUT2D eigenvalue weighted by Gasteiger charge is -2.28. The zero-order valence-electron chi connectivity index (χ0n) is 24.1. The lowest BCUT2D eigenvalue weighted by Crippen LogP contribution is -2.27. The molecule has 4 heterocycles. The maximum Gasteiger partial charge on any atom is 0.335 e. The average molecular weight is 618 g/mol. The van der Waals surface area contributed by atoms with Crippen molar-refractivity contribution in [2.45, 2.75) is 51.7 Å². The smallest absolute Gasteiger partial charge is 0.335 e. The second kappa shape index (κ2) is 11.0. The Morgan fingerprint density at radius 2 is 1.95 bits per heavy atom. The first-order valence-corrected chi connectivity index (χ1v) is 15.2. The number of halogens is 2. The highest BCUT2D eigenvalue weighted by Gasteiger charge is 2.39. The summed E-state index contributed by atoms with van der Waals surface area (Å²) in [6.45, 7) is 5.20. The van der Waals surface area contributed by atoms with E-state index < -0.39 is 17.6 Å². The van der Waals surface area contributed by atoms with Crippen LogP contribution in [0.3, 0.4) is 0 Å². The summed E-state index contributed by atoms with van der Waals surface area (Å²) in [5.74, 6) is -1.03. The standard InChI is InChI=1S/C32H29F2N5O4S/c1-32(2)16-42-14-26(32)39-25-11-18(31(40)41)8-9-24(25)35-27(39)12-19-10-22(34)20(13-21(19)33)23-4-3-5-28(36-23)43-15-29-37-38-30(44-29)17-6-7-17/h3-5,8-11,13,17,26H,6-7,12,14-16H2,1-2H3,(H,40,41)/t26-/m1/s1. The molecule has 1 atom stereocenters. The number of carbonyl (C=O) groups is 1. The predicted molar refractivity (Wildman–Crippen MR) is 159 cm³/mol. The molecule has 0 radical (unpaired) electrons. The Morgan fingerprint density at radius 1 is 1.11 bits per heavy atom. The third-order valence-corrected chi connectivity index (χ3v) is 9.27. The van der Waals surface area contributed by atoms with E-state index in [-0.39, 0.29) is 52.7 Å². The van der Waals surface area contributed by atoms with E-state index in [1.807, 2.05) is 4.57 Å². The average Bonchev–Trinajstić information content (AvgIpc) is 3.48. The van der Waals surface area contributed by atoms with E-state index in [0.29, 0.717) is 36.0 Å². The van der Waals surface area contributed by atoms with Crippen LogP contribution in [0, 0.1) is 17.0 Å². The molecular formula is C32H29F2N5O4S. The van der Waals surface area contributed by atoms with Crippen molar-refractivity contribution >= 4 is 28.3 Å². The number of ether oxygens (including phenoxy) is 2. The summed E-state index contributed by atoms with van der Waals surface area (Å²) in [6.07, 6.45) is 2.27. The fourth-order valence-electron chi connectivity index (χ4n) is 5.62. The quantitative estimate of drug-likeness (QED) is 0.198. The van der Waals surface area contributed by atoms with E-state index in [4.69, 9.17) is 14.5 Å². The van der Waals surface area contributed by atoms with Crippen LogP contribution in [0.25, 0.3) is 22.3 Å².